The summed E-state index contributed by atoms with van der Waals surface area (Å²) in [5.74, 6) is 0.181. The Kier molecular flexibility index (Phi) is 3.60. The zero-order valence-electron chi connectivity index (χ0n) is 5.89. The Morgan fingerprint density at radius 3 is 2.56 bits per heavy atom. The van der Waals surface area contributed by atoms with Crippen LogP contribution in [0.5, 0.6) is 0 Å². The molecule has 0 aromatic heterocycles. The van der Waals surface area contributed by atoms with Gasteiger partial charge in [0.2, 0.25) is 0 Å². The first kappa shape index (κ1) is 8.08. The number of nitrogens with two attached hydrogens (primary N) is 1. The Hall–Kier alpha value is -0.920. The maximum absolute atomic E-state index is 8.99. The Labute approximate surface area is 55.7 Å². The molecular weight excluding hydrogens is 114 g/mol. The van der Waals surface area contributed by atoms with Crippen molar-refractivity contribution in [2.75, 3.05) is 0 Å². The summed E-state index contributed by atoms with van der Waals surface area (Å²) in [6, 6.07) is 0. The maximum Gasteiger partial charge on any atom is 0.134 e. The summed E-state index contributed by atoms with van der Waals surface area (Å²) < 4.78 is 0. The topological polar surface area (TPSA) is 46.2 Å². The van der Waals surface area contributed by atoms with Crippen LogP contribution in [-0.2, 0) is 0 Å². The lowest BCUT2D eigenvalue weighted by molar-refractivity contribution is 0.419. The zero-order chi connectivity index (χ0) is 7.28. The van der Waals surface area contributed by atoms with Crippen LogP contribution in [0, 0.1) is 0 Å². The molecule has 52 valence electrons. The normalized spacial score (nSPS) is 14.0. The van der Waals surface area contributed by atoms with Crippen molar-refractivity contribution in [3.63, 3.8) is 0 Å². The minimum Gasteiger partial charge on any atom is -0.506 e. The third kappa shape index (κ3) is 2.80. The molecule has 2 heteroatoms. The molecule has 0 saturated heterocycles. The molecule has 0 saturated carbocycles. The van der Waals surface area contributed by atoms with Crippen molar-refractivity contribution in [2.45, 2.75) is 20.3 Å². The van der Waals surface area contributed by atoms with Crippen molar-refractivity contribution in [3.8, 4) is 0 Å². The number of allylic oxidation sites excluding steroid dienone is 2. The van der Waals surface area contributed by atoms with Crippen molar-refractivity contribution in [1.82, 2.24) is 0 Å². The van der Waals surface area contributed by atoms with Crippen LogP contribution in [-0.4, -0.2) is 5.11 Å². The maximum atomic E-state index is 8.99. The Morgan fingerprint density at radius 1 is 1.67 bits per heavy atom. The highest BCUT2D eigenvalue weighted by Crippen LogP contribution is 1.98. The average molecular weight is 127 g/mol. The third-order valence-electron chi connectivity index (χ3n) is 1.00. The summed E-state index contributed by atoms with van der Waals surface area (Å²) in [5, 5.41) is 8.99. The van der Waals surface area contributed by atoms with Crippen LogP contribution in [0.3, 0.4) is 0 Å². The first-order valence-electron chi connectivity index (χ1n) is 3.03. The highest BCUT2D eigenvalue weighted by molar-refractivity contribution is 5.19. The fourth-order valence-corrected chi connectivity index (χ4v) is 0.459. The fraction of sp³-hybridized carbons (Fsp3) is 0.429. The molecule has 0 radical (unpaired) electrons. The minimum absolute atomic E-state index is 0.181. The average Bonchev–Trinajstić information content (AvgIpc) is 1.87. The van der Waals surface area contributed by atoms with Crippen molar-refractivity contribution < 1.29 is 5.11 Å². The highest BCUT2D eigenvalue weighted by Gasteiger charge is 1.91. The van der Waals surface area contributed by atoms with E-state index in [1.165, 1.54) is 0 Å². The molecule has 0 atom stereocenters. The van der Waals surface area contributed by atoms with E-state index >= 15 is 0 Å². The van der Waals surface area contributed by atoms with Crippen molar-refractivity contribution in [2.24, 2.45) is 5.73 Å². The monoisotopic (exact) mass is 127 g/mol. The molecule has 0 aromatic rings. The molecule has 0 bridgehead atoms. The zero-order valence-corrected chi connectivity index (χ0v) is 5.89. The number of aliphatic hydroxyl groups is 1. The molecule has 0 aliphatic heterocycles. The second kappa shape index (κ2) is 4.01. The first-order valence-corrected chi connectivity index (χ1v) is 3.03. The molecule has 0 amide bonds. The standard InChI is InChI=1S/C7H13NO/c1-3-5-7(9)6(8)4-2/h4-5,9H,3,8H2,1-2H3/b6-4+,7-5+. The van der Waals surface area contributed by atoms with E-state index in [-0.39, 0.29) is 5.76 Å². The van der Waals surface area contributed by atoms with E-state index in [2.05, 4.69) is 0 Å². The van der Waals surface area contributed by atoms with Gasteiger partial charge >= 0.3 is 0 Å². The van der Waals surface area contributed by atoms with Crippen LogP contribution < -0.4 is 5.73 Å². The predicted molar refractivity (Wildman–Crippen MR) is 38.9 cm³/mol. The van der Waals surface area contributed by atoms with Crippen molar-refractivity contribution in [1.29, 1.82) is 0 Å². The molecule has 0 aliphatic carbocycles. The number of hydrogen-bond acceptors (Lipinski definition) is 2. The molecule has 0 aliphatic rings. The Bertz CT molecular complexity index is 136. The third-order valence-corrected chi connectivity index (χ3v) is 1.00. The van der Waals surface area contributed by atoms with E-state index in [0.717, 1.165) is 6.42 Å². The van der Waals surface area contributed by atoms with Gasteiger partial charge < -0.3 is 10.8 Å². The van der Waals surface area contributed by atoms with Gasteiger partial charge in [0, 0.05) is 0 Å². The van der Waals surface area contributed by atoms with Crippen LogP contribution in [0.1, 0.15) is 20.3 Å². The molecular formula is C7H13NO. The molecule has 3 N–H and O–H groups in total. The minimum atomic E-state index is 0.181. The van der Waals surface area contributed by atoms with Gasteiger partial charge in [-0.25, -0.2) is 0 Å². The van der Waals surface area contributed by atoms with E-state index in [4.69, 9.17) is 10.8 Å². The molecule has 0 unspecified atom stereocenters. The lowest BCUT2D eigenvalue weighted by Crippen LogP contribution is -1.99. The smallest absolute Gasteiger partial charge is 0.134 e. The summed E-state index contributed by atoms with van der Waals surface area (Å²) in [6.07, 6.45) is 4.15. The summed E-state index contributed by atoms with van der Waals surface area (Å²) in [5.41, 5.74) is 5.79. The Balaban J connectivity index is 4.03. The molecule has 0 spiro atoms. The molecule has 9 heavy (non-hydrogen) atoms. The summed E-state index contributed by atoms with van der Waals surface area (Å²) in [7, 11) is 0. The summed E-state index contributed by atoms with van der Waals surface area (Å²) in [4.78, 5) is 0. The van der Waals surface area contributed by atoms with Gasteiger partial charge in [-0.3, -0.25) is 0 Å². The SMILES string of the molecule is C/C=C(N)\C(O)=C/CC. The van der Waals surface area contributed by atoms with Crippen LogP contribution in [0.2, 0.25) is 0 Å². The van der Waals surface area contributed by atoms with Gasteiger partial charge in [-0.2, -0.15) is 0 Å². The van der Waals surface area contributed by atoms with Gasteiger partial charge in [0.1, 0.15) is 5.76 Å². The van der Waals surface area contributed by atoms with E-state index < -0.39 is 0 Å². The molecule has 0 rings (SSSR count). The second-order valence-corrected chi connectivity index (χ2v) is 1.74. The van der Waals surface area contributed by atoms with Gasteiger partial charge in [0.25, 0.3) is 0 Å². The van der Waals surface area contributed by atoms with Crippen LogP contribution in [0.25, 0.3) is 0 Å². The molecule has 0 heterocycles. The van der Waals surface area contributed by atoms with Crippen LogP contribution in [0.15, 0.2) is 23.6 Å². The quantitative estimate of drug-likeness (QED) is 0.438. The predicted octanol–water partition coefficient (Wildman–Crippen LogP) is 1.70. The van der Waals surface area contributed by atoms with E-state index in [9.17, 15) is 0 Å². The van der Waals surface area contributed by atoms with Gasteiger partial charge in [0.05, 0.1) is 5.70 Å². The largest absolute Gasteiger partial charge is 0.506 e. The second-order valence-electron chi connectivity index (χ2n) is 1.74. The van der Waals surface area contributed by atoms with Crippen molar-refractivity contribution in [3.05, 3.63) is 23.6 Å². The van der Waals surface area contributed by atoms with Gasteiger partial charge in [-0.05, 0) is 19.4 Å². The molecule has 0 fully saturated rings. The van der Waals surface area contributed by atoms with Crippen LogP contribution >= 0.6 is 0 Å². The molecule has 2 nitrogen and oxygen atoms in total. The number of rotatable bonds is 2. The Morgan fingerprint density at radius 2 is 2.22 bits per heavy atom. The lowest BCUT2D eigenvalue weighted by Gasteiger charge is -1.95. The van der Waals surface area contributed by atoms with E-state index in [1.807, 2.05) is 6.92 Å². The van der Waals surface area contributed by atoms with Gasteiger partial charge in [-0.1, -0.05) is 13.0 Å². The first-order chi connectivity index (χ1) is 4.22. The fourth-order valence-electron chi connectivity index (χ4n) is 0.459. The van der Waals surface area contributed by atoms with Gasteiger partial charge in [-0.15, -0.1) is 0 Å². The molecule has 0 aromatic carbocycles. The number of hydrogen-bond donors (Lipinski definition) is 2. The van der Waals surface area contributed by atoms with E-state index in [1.54, 1.807) is 19.1 Å². The summed E-state index contributed by atoms with van der Waals surface area (Å²) >= 11 is 0. The number of aliphatic hydroxyl groups excluding tert-OH is 1. The highest BCUT2D eigenvalue weighted by atomic mass is 16.3. The lowest BCUT2D eigenvalue weighted by atomic mass is 10.3. The van der Waals surface area contributed by atoms with Gasteiger partial charge in [0.15, 0.2) is 0 Å². The summed E-state index contributed by atoms with van der Waals surface area (Å²) in [6.45, 7) is 3.73. The van der Waals surface area contributed by atoms with Crippen molar-refractivity contribution >= 4 is 0 Å². The van der Waals surface area contributed by atoms with E-state index in [0.29, 0.717) is 5.70 Å². The van der Waals surface area contributed by atoms with Crippen LogP contribution in [0.4, 0.5) is 0 Å².